The van der Waals surface area contributed by atoms with Gasteiger partial charge >= 0.3 is 24.8 Å². The second kappa shape index (κ2) is 9.84. The third-order valence-electron chi connectivity index (χ3n) is 2.39. The van der Waals surface area contributed by atoms with Crippen LogP contribution in [-0.4, -0.2) is 22.3 Å². The van der Waals surface area contributed by atoms with Gasteiger partial charge in [-0.15, -0.1) is 0 Å². The molecule has 0 saturated heterocycles. The van der Waals surface area contributed by atoms with E-state index in [0.717, 1.165) is 0 Å². The second-order valence-corrected chi connectivity index (χ2v) is 6.67. The first-order chi connectivity index (χ1) is 9.74. The Kier molecular flexibility index (Phi) is 9.76. The Morgan fingerprint density at radius 2 is 1.95 bits per heavy atom. The summed E-state index contributed by atoms with van der Waals surface area (Å²) in [6.45, 7) is 1.68. The first-order valence-electron chi connectivity index (χ1n) is 6.04. The van der Waals surface area contributed by atoms with Gasteiger partial charge in [0, 0.05) is 5.02 Å². The Morgan fingerprint density at radius 1 is 1.41 bits per heavy atom. The van der Waals surface area contributed by atoms with Crippen LogP contribution in [0, 0.1) is 0 Å². The summed E-state index contributed by atoms with van der Waals surface area (Å²) in [4.78, 5) is 31.7. The molecule has 0 aliphatic heterocycles. The van der Waals surface area contributed by atoms with Crippen LogP contribution in [0.15, 0.2) is 24.3 Å². The molecular weight excluding hydrogens is 349 g/mol. The molecule has 0 spiro atoms. The van der Waals surface area contributed by atoms with Gasteiger partial charge in [-0.3, -0.25) is 0 Å². The van der Waals surface area contributed by atoms with Gasteiger partial charge in [-0.25, -0.2) is 4.79 Å². The number of halogens is 2. The Morgan fingerprint density at radius 3 is 2.41 bits per heavy atom. The fourth-order valence-electron chi connectivity index (χ4n) is 1.40. The van der Waals surface area contributed by atoms with Gasteiger partial charge in [0.15, 0.2) is 13.4 Å². The zero-order chi connectivity index (χ0) is 16.0. The molecule has 0 radical (unpaired) electrons. The number of esters is 1. The SMILES string of the molecule is CCCC(OC(=O)C(Cl)Oc1ccc(Cl)cc1)P(=O)([O-])O.[Li+]. The number of benzene rings is 1. The Balaban J connectivity index is 0.00000441. The monoisotopic (exact) mass is 362 g/mol. The van der Waals surface area contributed by atoms with Crippen LogP contribution in [0.5, 0.6) is 5.75 Å². The molecule has 0 aliphatic carbocycles. The van der Waals surface area contributed by atoms with Gasteiger partial charge in [-0.2, -0.15) is 0 Å². The molecule has 0 saturated carbocycles. The van der Waals surface area contributed by atoms with E-state index in [4.69, 9.17) is 32.8 Å². The number of hydrogen-bond donors (Lipinski definition) is 1. The minimum Gasteiger partial charge on any atom is -0.776 e. The summed E-state index contributed by atoms with van der Waals surface area (Å²) in [5.41, 5.74) is -1.54. The van der Waals surface area contributed by atoms with Crippen molar-refractivity contribution in [2.24, 2.45) is 0 Å². The molecule has 3 atom stereocenters. The molecule has 10 heteroatoms. The first-order valence-corrected chi connectivity index (χ1v) is 8.50. The number of ether oxygens (including phenoxy) is 2. The summed E-state index contributed by atoms with van der Waals surface area (Å²) in [6, 6.07) is 6.04. The fourth-order valence-corrected chi connectivity index (χ4v) is 2.51. The van der Waals surface area contributed by atoms with E-state index in [1.807, 2.05) is 0 Å². The molecular formula is C12H14Cl2LiO6P. The van der Waals surface area contributed by atoms with Crippen LogP contribution in [0.25, 0.3) is 0 Å². The topological polar surface area (TPSA) is 95.9 Å². The predicted octanol–water partition coefficient (Wildman–Crippen LogP) is -0.497. The van der Waals surface area contributed by atoms with Crippen LogP contribution in [0.1, 0.15) is 19.8 Å². The van der Waals surface area contributed by atoms with E-state index in [-0.39, 0.29) is 31.0 Å². The maximum Gasteiger partial charge on any atom is 1.00 e. The quantitative estimate of drug-likeness (QED) is 0.304. The minimum atomic E-state index is -4.80. The Hall–Kier alpha value is -0.183. The molecule has 0 amide bonds. The van der Waals surface area contributed by atoms with E-state index in [1.54, 1.807) is 6.92 Å². The van der Waals surface area contributed by atoms with E-state index in [0.29, 0.717) is 11.4 Å². The number of rotatable bonds is 7. The van der Waals surface area contributed by atoms with Crippen molar-refractivity contribution >= 4 is 36.8 Å². The molecule has 0 heterocycles. The fraction of sp³-hybridized carbons (Fsp3) is 0.417. The Bertz CT molecular complexity index is 521. The molecule has 0 fully saturated rings. The molecule has 3 unspecified atom stereocenters. The van der Waals surface area contributed by atoms with Crippen molar-refractivity contribution in [2.75, 3.05) is 0 Å². The zero-order valence-corrected chi connectivity index (χ0v) is 14.5. The summed E-state index contributed by atoms with van der Waals surface area (Å²) in [5.74, 6) is -2.47. The van der Waals surface area contributed by atoms with Gasteiger partial charge in [0.05, 0.1) is 0 Å². The molecule has 0 aromatic heterocycles. The molecule has 1 rings (SSSR count). The summed E-state index contributed by atoms with van der Waals surface area (Å²) in [6.07, 6.45) is 0.364. The summed E-state index contributed by atoms with van der Waals surface area (Å²) >= 11 is 11.4. The maximum absolute atomic E-state index is 11.7. The van der Waals surface area contributed by atoms with Crippen molar-refractivity contribution in [3.8, 4) is 5.75 Å². The number of carbonyl (C=O) groups is 1. The summed E-state index contributed by atoms with van der Waals surface area (Å²) in [7, 11) is -4.80. The molecule has 6 nitrogen and oxygen atoms in total. The van der Waals surface area contributed by atoms with Crippen LogP contribution in [0.4, 0.5) is 0 Å². The van der Waals surface area contributed by atoms with E-state index in [2.05, 4.69) is 4.74 Å². The van der Waals surface area contributed by atoms with Crippen molar-refractivity contribution in [1.82, 2.24) is 0 Å². The van der Waals surface area contributed by atoms with E-state index in [9.17, 15) is 14.3 Å². The third kappa shape index (κ3) is 7.39. The van der Waals surface area contributed by atoms with E-state index < -0.39 is 25.0 Å². The van der Waals surface area contributed by atoms with Crippen molar-refractivity contribution < 1.29 is 47.5 Å². The normalized spacial score (nSPS) is 15.9. The average molecular weight is 363 g/mol. The molecule has 0 aliphatic rings. The number of carbonyl (C=O) groups excluding carboxylic acids is 1. The van der Waals surface area contributed by atoms with E-state index >= 15 is 0 Å². The number of alkyl halides is 1. The largest absolute Gasteiger partial charge is 1.00 e. The van der Waals surface area contributed by atoms with E-state index in [1.165, 1.54) is 24.3 Å². The van der Waals surface area contributed by atoms with Crippen molar-refractivity contribution in [2.45, 2.75) is 31.2 Å². The van der Waals surface area contributed by atoms with Gasteiger partial charge < -0.3 is 23.8 Å². The Labute approximate surface area is 150 Å². The summed E-state index contributed by atoms with van der Waals surface area (Å²) in [5, 5.41) is 0.478. The molecule has 0 bridgehead atoms. The smallest absolute Gasteiger partial charge is 0.776 e. The van der Waals surface area contributed by atoms with Crippen LogP contribution in [0.2, 0.25) is 5.02 Å². The zero-order valence-electron chi connectivity index (χ0n) is 12.1. The molecule has 118 valence electrons. The van der Waals surface area contributed by atoms with Gasteiger partial charge in [-0.05, 0) is 30.7 Å². The number of hydrogen-bond acceptors (Lipinski definition) is 5. The minimum absolute atomic E-state index is 0. The van der Waals surface area contributed by atoms with Gasteiger partial charge in [0.25, 0.3) is 5.56 Å². The molecule has 1 N–H and O–H groups in total. The van der Waals surface area contributed by atoms with Gasteiger partial charge in [0.2, 0.25) is 0 Å². The second-order valence-electron chi connectivity index (χ2n) is 4.13. The third-order valence-corrected chi connectivity index (χ3v) is 4.00. The average Bonchev–Trinajstić information content (AvgIpc) is 2.39. The molecule has 1 aromatic carbocycles. The van der Waals surface area contributed by atoms with Crippen LogP contribution >= 0.6 is 30.8 Å². The van der Waals surface area contributed by atoms with Crippen molar-refractivity contribution in [3.63, 3.8) is 0 Å². The summed E-state index contributed by atoms with van der Waals surface area (Å²) < 4.78 is 20.8. The molecule has 1 aromatic rings. The molecule has 22 heavy (non-hydrogen) atoms. The van der Waals surface area contributed by atoms with Crippen molar-refractivity contribution in [3.05, 3.63) is 29.3 Å². The van der Waals surface area contributed by atoms with Gasteiger partial charge in [0.1, 0.15) is 5.75 Å². The first kappa shape index (κ1) is 21.8. The van der Waals surface area contributed by atoms with Crippen LogP contribution < -0.4 is 28.5 Å². The van der Waals surface area contributed by atoms with Crippen molar-refractivity contribution in [1.29, 1.82) is 0 Å². The van der Waals surface area contributed by atoms with Gasteiger partial charge in [-0.1, -0.05) is 36.5 Å². The van der Waals surface area contributed by atoms with Crippen LogP contribution in [-0.2, 0) is 14.1 Å². The maximum atomic E-state index is 11.7. The predicted molar refractivity (Wildman–Crippen MR) is 76.3 cm³/mol. The standard InChI is InChI=1S/C12H15Cl2O6P.Li/c1-2-3-10(21(16,17)18)20-12(15)11(14)19-9-6-4-8(13)5-7-9;/h4-7,10-11H,2-3H2,1H3,(H2,16,17,18);/q;+1/p-1. The van der Waals surface area contributed by atoms with Crippen LogP contribution in [0.3, 0.4) is 0 Å².